The van der Waals surface area contributed by atoms with E-state index in [0.717, 1.165) is 29.4 Å². The van der Waals surface area contributed by atoms with Crippen molar-refractivity contribution >= 4 is 16.6 Å². The molecule has 0 amide bonds. The van der Waals surface area contributed by atoms with E-state index in [2.05, 4.69) is 9.88 Å². The van der Waals surface area contributed by atoms with E-state index in [1.165, 1.54) is 19.3 Å². The molecule has 112 valence electrons. The highest BCUT2D eigenvalue weighted by atomic mass is 16.3. The number of hydrogen-bond acceptors (Lipinski definition) is 4. The molecule has 4 heteroatoms. The fourth-order valence-corrected chi connectivity index (χ4v) is 3.33. The second-order valence-electron chi connectivity index (χ2n) is 5.75. The number of nitrogens with zero attached hydrogens (tertiary/aromatic N) is 2. The van der Waals surface area contributed by atoms with Crippen molar-refractivity contribution in [3.8, 4) is 5.75 Å². The molecule has 0 saturated heterocycles. The Kier molecular flexibility index (Phi) is 4.25. The third-order valence-corrected chi connectivity index (χ3v) is 4.36. The summed E-state index contributed by atoms with van der Waals surface area (Å²) in [5.41, 5.74) is 0. The number of anilines is 1. The van der Waals surface area contributed by atoms with Crippen LogP contribution in [-0.4, -0.2) is 34.4 Å². The van der Waals surface area contributed by atoms with E-state index in [-0.39, 0.29) is 12.4 Å². The zero-order valence-electron chi connectivity index (χ0n) is 12.2. The van der Waals surface area contributed by atoms with Crippen LogP contribution in [0.25, 0.3) is 10.8 Å². The highest BCUT2D eigenvalue weighted by Crippen LogP contribution is 2.32. The third kappa shape index (κ3) is 2.95. The summed E-state index contributed by atoms with van der Waals surface area (Å²) in [5.74, 6) is 1.13. The van der Waals surface area contributed by atoms with E-state index < -0.39 is 0 Å². The summed E-state index contributed by atoms with van der Waals surface area (Å²) in [4.78, 5) is 6.77. The van der Waals surface area contributed by atoms with Crippen LogP contribution in [0.4, 0.5) is 5.82 Å². The van der Waals surface area contributed by atoms with E-state index in [1.54, 1.807) is 12.1 Å². The molecule has 1 fully saturated rings. The fourth-order valence-electron chi connectivity index (χ4n) is 3.33. The van der Waals surface area contributed by atoms with Gasteiger partial charge >= 0.3 is 0 Å². The zero-order chi connectivity index (χ0) is 14.7. The second-order valence-corrected chi connectivity index (χ2v) is 5.75. The average molecular weight is 286 g/mol. The normalized spacial score (nSPS) is 16.2. The Morgan fingerprint density at radius 2 is 1.95 bits per heavy atom. The highest BCUT2D eigenvalue weighted by molar-refractivity contribution is 5.93. The van der Waals surface area contributed by atoms with Gasteiger partial charge in [-0.2, -0.15) is 0 Å². The summed E-state index contributed by atoms with van der Waals surface area (Å²) in [5, 5.41) is 21.2. The first kappa shape index (κ1) is 14.1. The molecule has 3 rings (SSSR count). The Morgan fingerprint density at radius 3 is 2.71 bits per heavy atom. The Hall–Kier alpha value is -1.81. The van der Waals surface area contributed by atoms with E-state index >= 15 is 0 Å². The lowest BCUT2D eigenvalue weighted by molar-refractivity contribution is 0.289. The summed E-state index contributed by atoms with van der Waals surface area (Å²) < 4.78 is 0. The predicted octanol–water partition coefficient (Wildman–Crippen LogP) is 3.07. The number of aliphatic hydroxyl groups is 1. The lowest BCUT2D eigenvalue weighted by Crippen LogP contribution is -2.39. The van der Waals surface area contributed by atoms with E-state index in [4.69, 9.17) is 0 Å². The summed E-state index contributed by atoms with van der Waals surface area (Å²) >= 11 is 0. The first-order chi connectivity index (χ1) is 10.3. The number of phenols is 1. The molecule has 0 unspecified atom stereocenters. The topological polar surface area (TPSA) is 56.6 Å². The predicted molar refractivity (Wildman–Crippen MR) is 84.7 cm³/mol. The van der Waals surface area contributed by atoms with Gasteiger partial charge in [0, 0.05) is 24.2 Å². The van der Waals surface area contributed by atoms with Crippen molar-refractivity contribution in [3.05, 3.63) is 30.5 Å². The van der Waals surface area contributed by atoms with Gasteiger partial charge in [0.1, 0.15) is 11.6 Å². The number of fused-ring (bicyclic) bond motifs is 1. The lowest BCUT2D eigenvalue weighted by Gasteiger charge is -2.35. The first-order valence-electron chi connectivity index (χ1n) is 7.75. The summed E-state index contributed by atoms with van der Waals surface area (Å²) in [7, 11) is 0. The molecular formula is C17H22N2O2. The average Bonchev–Trinajstić information content (AvgIpc) is 2.53. The third-order valence-electron chi connectivity index (χ3n) is 4.36. The lowest BCUT2D eigenvalue weighted by atomic mass is 9.94. The van der Waals surface area contributed by atoms with Crippen molar-refractivity contribution < 1.29 is 10.2 Å². The van der Waals surface area contributed by atoms with Gasteiger partial charge in [0.2, 0.25) is 0 Å². The molecule has 4 nitrogen and oxygen atoms in total. The second kappa shape index (κ2) is 6.31. The number of aromatic nitrogens is 1. The van der Waals surface area contributed by atoms with Crippen molar-refractivity contribution in [1.82, 2.24) is 4.98 Å². The molecule has 2 aromatic rings. The zero-order valence-corrected chi connectivity index (χ0v) is 12.2. The van der Waals surface area contributed by atoms with Gasteiger partial charge in [0.15, 0.2) is 0 Å². The molecule has 1 aromatic carbocycles. The van der Waals surface area contributed by atoms with Gasteiger partial charge in [-0.3, -0.25) is 0 Å². The fraction of sp³-hybridized carbons (Fsp3) is 0.471. The van der Waals surface area contributed by atoms with Crippen LogP contribution >= 0.6 is 0 Å². The number of aliphatic hydroxyl groups excluding tert-OH is 1. The number of rotatable bonds is 4. The molecule has 0 aliphatic heterocycles. The Bertz CT molecular complexity index is 609. The Balaban J connectivity index is 2.03. The molecule has 1 aliphatic rings. The van der Waals surface area contributed by atoms with Gasteiger partial charge in [-0.1, -0.05) is 25.3 Å². The number of pyridine rings is 1. The van der Waals surface area contributed by atoms with Crippen LogP contribution in [0.5, 0.6) is 5.75 Å². The van der Waals surface area contributed by atoms with Gasteiger partial charge in [-0.25, -0.2) is 4.98 Å². The SMILES string of the molecule is OCCN(c1nccc2ccc(O)cc12)C1CCCCC1. The van der Waals surface area contributed by atoms with E-state index in [0.29, 0.717) is 12.6 Å². The number of aromatic hydroxyl groups is 1. The van der Waals surface area contributed by atoms with Crippen LogP contribution in [0, 0.1) is 0 Å². The molecule has 1 aromatic heterocycles. The van der Waals surface area contributed by atoms with E-state index in [9.17, 15) is 10.2 Å². The minimum Gasteiger partial charge on any atom is -0.508 e. The van der Waals surface area contributed by atoms with Gasteiger partial charge in [0.25, 0.3) is 0 Å². The van der Waals surface area contributed by atoms with Crippen LogP contribution < -0.4 is 4.90 Å². The van der Waals surface area contributed by atoms with Gasteiger partial charge in [0.05, 0.1) is 6.61 Å². The summed E-state index contributed by atoms with van der Waals surface area (Å²) in [6.45, 7) is 0.708. The van der Waals surface area contributed by atoms with Crippen LogP contribution in [0.2, 0.25) is 0 Å². The maximum atomic E-state index is 9.78. The molecule has 21 heavy (non-hydrogen) atoms. The minimum atomic E-state index is 0.118. The quantitative estimate of drug-likeness (QED) is 0.907. The minimum absolute atomic E-state index is 0.118. The Labute approximate surface area is 125 Å². The number of hydrogen-bond donors (Lipinski definition) is 2. The molecule has 0 bridgehead atoms. The maximum absolute atomic E-state index is 9.78. The highest BCUT2D eigenvalue weighted by Gasteiger charge is 2.23. The first-order valence-corrected chi connectivity index (χ1v) is 7.75. The largest absolute Gasteiger partial charge is 0.508 e. The molecular weight excluding hydrogens is 264 g/mol. The van der Waals surface area contributed by atoms with Crippen LogP contribution in [0.15, 0.2) is 30.5 Å². The summed E-state index contributed by atoms with van der Waals surface area (Å²) in [6, 6.07) is 7.77. The smallest absolute Gasteiger partial charge is 0.136 e. The van der Waals surface area contributed by atoms with Crippen molar-refractivity contribution in [2.75, 3.05) is 18.1 Å². The monoisotopic (exact) mass is 286 g/mol. The van der Waals surface area contributed by atoms with E-state index in [1.807, 2.05) is 18.3 Å². The molecule has 1 aliphatic carbocycles. The molecule has 0 spiro atoms. The number of benzene rings is 1. The summed E-state index contributed by atoms with van der Waals surface area (Å²) in [6.07, 6.45) is 7.88. The van der Waals surface area contributed by atoms with Crippen LogP contribution in [0.3, 0.4) is 0 Å². The number of phenolic OH excluding ortho intramolecular Hbond substituents is 1. The van der Waals surface area contributed by atoms with Gasteiger partial charge < -0.3 is 15.1 Å². The maximum Gasteiger partial charge on any atom is 0.136 e. The van der Waals surface area contributed by atoms with Crippen molar-refractivity contribution in [1.29, 1.82) is 0 Å². The standard InChI is InChI=1S/C17H22N2O2/c20-11-10-19(14-4-2-1-3-5-14)17-16-12-15(21)7-6-13(16)8-9-18-17/h6-9,12,14,20-21H,1-5,10-11H2. The molecule has 1 saturated carbocycles. The molecule has 1 heterocycles. The van der Waals surface area contributed by atoms with Gasteiger partial charge in [-0.05, 0) is 36.4 Å². The van der Waals surface area contributed by atoms with Crippen LogP contribution in [0.1, 0.15) is 32.1 Å². The van der Waals surface area contributed by atoms with Gasteiger partial charge in [-0.15, -0.1) is 0 Å². The molecule has 2 N–H and O–H groups in total. The molecule has 0 radical (unpaired) electrons. The Morgan fingerprint density at radius 1 is 1.14 bits per heavy atom. The molecule has 0 atom stereocenters. The van der Waals surface area contributed by atoms with Crippen molar-refractivity contribution in [2.24, 2.45) is 0 Å². The van der Waals surface area contributed by atoms with Crippen molar-refractivity contribution in [3.63, 3.8) is 0 Å². The van der Waals surface area contributed by atoms with Crippen molar-refractivity contribution in [2.45, 2.75) is 38.1 Å². The van der Waals surface area contributed by atoms with Crippen LogP contribution in [-0.2, 0) is 0 Å².